The number of nitrogens with one attached hydrogen (secondary N) is 1. The second kappa shape index (κ2) is 11.9. The monoisotopic (exact) mass is 219 g/mol. The Morgan fingerprint density at radius 1 is 1.27 bits per heavy atom. The van der Waals surface area contributed by atoms with Crippen LogP contribution < -0.4 is 5.32 Å². The summed E-state index contributed by atoms with van der Waals surface area (Å²) in [4.78, 5) is 0. The van der Waals surface area contributed by atoms with Crippen LogP contribution in [0.4, 0.5) is 0 Å². The molecule has 4 heteroatoms. The van der Waals surface area contributed by atoms with E-state index in [2.05, 4.69) is 12.2 Å². The van der Waals surface area contributed by atoms with E-state index in [1.165, 1.54) is 0 Å². The normalized spacial score (nSPS) is 13.0. The summed E-state index contributed by atoms with van der Waals surface area (Å²) >= 11 is 0. The van der Waals surface area contributed by atoms with Crippen molar-refractivity contribution in [2.45, 2.75) is 19.8 Å². The van der Waals surface area contributed by atoms with E-state index >= 15 is 0 Å². The largest absolute Gasteiger partial charge is 0.396 e. The molecule has 15 heavy (non-hydrogen) atoms. The molecule has 0 aliphatic carbocycles. The van der Waals surface area contributed by atoms with E-state index in [1.807, 2.05) is 0 Å². The highest BCUT2D eigenvalue weighted by Gasteiger charge is 2.03. The summed E-state index contributed by atoms with van der Waals surface area (Å²) in [6.07, 6.45) is 1.99. The number of hydrogen-bond acceptors (Lipinski definition) is 4. The van der Waals surface area contributed by atoms with E-state index in [9.17, 15) is 0 Å². The van der Waals surface area contributed by atoms with E-state index in [0.717, 1.165) is 32.5 Å². The molecule has 0 aromatic rings. The molecule has 0 aliphatic heterocycles. The Morgan fingerprint density at radius 2 is 2.07 bits per heavy atom. The van der Waals surface area contributed by atoms with Gasteiger partial charge in [0.05, 0.1) is 19.8 Å². The van der Waals surface area contributed by atoms with Crippen molar-refractivity contribution in [2.24, 2.45) is 5.92 Å². The number of methoxy groups -OCH3 is 1. The van der Waals surface area contributed by atoms with Gasteiger partial charge >= 0.3 is 0 Å². The van der Waals surface area contributed by atoms with Gasteiger partial charge in [0.15, 0.2) is 0 Å². The van der Waals surface area contributed by atoms with Gasteiger partial charge in [0.25, 0.3) is 0 Å². The minimum Gasteiger partial charge on any atom is -0.396 e. The quantitative estimate of drug-likeness (QED) is 0.501. The molecule has 0 saturated heterocycles. The first-order valence-electron chi connectivity index (χ1n) is 5.73. The molecule has 0 saturated carbocycles. The minimum absolute atomic E-state index is 0.282. The number of rotatable bonds is 11. The van der Waals surface area contributed by atoms with Gasteiger partial charge in [-0.2, -0.15) is 0 Å². The standard InChI is InChI=1S/C11H25NO3/c1-3-11(4-6-13)10-12-5-7-15-9-8-14-2/h11-13H,3-10H2,1-2H3. The molecule has 0 bridgehead atoms. The van der Waals surface area contributed by atoms with Crippen LogP contribution in [0, 0.1) is 5.92 Å². The number of aliphatic hydroxyl groups excluding tert-OH is 1. The fourth-order valence-electron chi connectivity index (χ4n) is 1.33. The molecule has 0 radical (unpaired) electrons. The van der Waals surface area contributed by atoms with E-state index < -0.39 is 0 Å². The molecule has 0 rings (SSSR count). The second-order valence-electron chi connectivity index (χ2n) is 3.60. The van der Waals surface area contributed by atoms with Gasteiger partial charge in [-0.25, -0.2) is 0 Å². The van der Waals surface area contributed by atoms with E-state index in [1.54, 1.807) is 7.11 Å². The molecule has 0 heterocycles. The van der Waals surface area contributed by atoms with E-state index in [4.69, 9.17) is 14.6 Å². The molecule has 0 fully saturated rings. The molecule has 0 aromatic heterocycles. The lowest BCUT2D eigenvalue weighted by Gasteiger charge is -2.14. The van der Waals surface area contributed by atoms with Crippen LogP contribution in [0.3, 0.4) is 0 Å². The molecule has 0 aromatic carbocycles. The third-order valence-electron chi connectivity index (χ3n) is 2.40. The Morgan fingerprint density at radius 3 is 2.67 bits per heavy atom. The van der Waals surface area contributed by atoms with Gasteiger partial charge < -0.3 is 19.9 Å². The summed E-state index contributed by atoms with van der Waals surface area (Å²) in [5, 5.41) is 12.1. The summed E-state index contributed by atoms with van der Waals surface area (Å²) in [6.45, 7) is 6.30. The van der Waals surface area contributed by atoms with Crippen molar-refractivity contribution in [3.8, 4) is 0 Å². The maximum absolute atomic E-state index is 8.80. The first-order chi connectivity index (χ1) is 7.35. The van der Waals surface area contributed by atoms with Crippen molar-refractivity contribution < 1.29 is 14.6 Å². The van der Waals surface area contributed by atoms with Crippen LogP contribution in [0.15, 0.2) is 0 Å². The molecule has 2 N–H and O–H groups in total. The maximum Gasteiger partial charge on any atom is 0.0700 e. The summed E-state index contributed by atoms with van der Waals surface area (Å²) in [6, 6.07) is 0. The molecule has 1 unspecified atom stereocenters. The van der Waals surface area contributed by atoms with Crippen LogP contribution in [0.1, 0.15) is 19.8 Å². The Kier molecular flexibility index (Phi) is 11.8. The van der Waals surface area contributed by atoms with E-state index in [0.29, 0.717) is 19.1 Å². The van der Waals surface area contributed by atoms with Gasteiger partial charge in [0.1, 0.15) is 0 Å². The Balaban J connectivity index is 3.14. The lowest BCUT2D eigenvalue weighted by molar-refractivity contribution is 0.0715. The average molecular weight is 219 g/mol. The van der Waals surface area contributed by atoms with Gasteiger partial charge in [-0.05, 0) is 18.9 Å². The highest BCUT2D eigenvalue weighted by molar-refractivity contribution is 4.59. The second-order valence-corrected chi connectivity index (χ2v) is 3.60. The lowest BCUT2D eigenvalue weighted by Crippen LogP contribution is -2.27. The third-order valence-corrected chi connectivity index (χ3v) is 2.40. The molecule has 4 nitrogen and oxygen atoms in total. The molecule has 92 valence electrons. The van der Waals surface area contributed by atoms with Gasteiger partial charge in [-0.15, -0.1) is 0 Å². The summed E-state index contributed by atoms with van der Waals surface area (Å²) in [5.41, 5.74) is 0. The summed E-state index contributed by atoms with van der Waals surface area (Å²) in [5.74, 6) is 0.578. The smallest absolute Gasteiger partial charge is 0.0700 e. The van der Waals surface area contributed by atoms with Gasteiger partial charge in [-0.3, -0.25) is 0 Å². The molecular weight excluding hydrogens is 194 g/mol. The van der Waals surface area contributed by atoms with Crippen LogP contribution in [0.5, 0.6) is 0 Å². The van der Waals surface area contributed by atoms with Crippen molar-refractivity contribution in [3.05, 3.63) is 0 Å². The van der Waals surface area contributed by atoms with Crippen molar-refractivity contribution in [1.82, 2.24) is 5.32 Å². The lowest BCUT2D eigenvalue weighted by atomic mass is 10.0. The highest BCUT2D eigenvalue weighted by Crippen LogP contribution is 2.04. The molecule has 1 atom stereocenters. The Bertz CT molecular complexity index is 122. The van der Waals surface area contributed by atoms with E-state index in [-0.39, 0.29) is 6.61 Å². The average Bonchev–Trinajstić information content (AvgIpc) is 2.26. The fourth-order valence-corrected chi connectivity index (χ4v) is 1.33. The third kappa shape index (κ3) is 10.1. The predicted molar refractivity (Wildman–Crippen MR) is 61.0 cm³/mol. The van der Waals surface area contributed by atoms with Crippen LogP contribution >= 0.6 is 0 Å². The fraction of sp³-hybridized carbons (Fsp3) is 1.00. The van der Waals surface area contributed by atoms with Gasteiger partial charge in [0.2, 0.25) is 0 Å². The van der Waals surface area contributed by atoms with Gasteiger partial charge in [-0.1, -0.05) is 13.3 Å². The van der Waals surface area contributed by atoms with Crippen LogP contribution in [0.25, 0.3) is 0 Å². The first kappa shape index (κ1) is 14.8. The van der Waals surface area contributed by atoms with Gasteiger partial charge in [0, 0.05) is 20.3 Å². The predicted octanol–water partition coefficient (Wildman–Crippen LogP) is 0.648. The highest BCUT2D eigenvalue weighted by atomic mass is 16.5. The van der Waals surface area contributed by atoms with Crippen LogP contribution in [0.2, 0.25) is 0 Å². The van der Waals surface area contributed by atoms with Crippen LogP contribution in [-0.2, 0) is 9.47 Å². The van der Waals surface area contributed by atoms with Crippen LogP contribution in [-0.4, -0.2) is 51.7 Å². The molecular formula is C11H25NO3. The Hall–Kier alpha value is -0.160. The molecule has 0 spiro atoms. The Labute approximate surface area is 93.0 Å². The number of ether oxygens (including phenoxy) is 2. The molecule has 0 aliphatic rings. The zero-order chi connectivity index (χ0) is 11.4. The van der Waals surface area contributed by atoms with Crippen molar-refractivity contribution in [1.29, 1.82) is 0 Å². The zero-order valence-corrected chi connectivity index (χ0v) is 10.00. The van der Waals surface area contributed by atoms with Crippen molar-refractivity contribution in [2.75, 3.05) is 46.6 Å². The summed E-state index contributed by atoms with van der Waals surface area (Å²) < 4.78 is 10.2. The van der Waals surface area contributed by atoms with Crippen molar-refractivity contribution in [3.63, 3.8) is 0 Å². The maximum atomic E-state index is 8.80. The zero-order valence-electron chi connectivity index (χ0n) is 10.00. The van der Waals surface area contributed by atoms with Crippen molar-refractivity contribution >= 4 is 0 Å². The first-order valence-corrected chi connectivity index (χ1v) is 5.73. The number of aliphatic hydroxyl groups is 1. The molecule has 0 amide bonds. The minimum atomic E-state index is 0.282. The topological polar surface area (TPSA) is 50.7 Å². The SMILES string of the molecule is CCC(CCO)CNCCOCCOC. The summed E-state index contributed by atoms with van der Waals surface area (Å²) in [7, 11) is 1.67. The number of hydrogen-bond donors (Lipinski definition) is 2.